The quantitative estimate of drug-likeness (QED) is 0.657. The molecule has 2 atom stereocenters. The molecule has 3 N–H and O–H groups in total. The summed E-state index contributed by atoms with van der Waals surface area (Å²) in [6.07, 6.45) is -2.64. The van der Waals surface area contributed by atoms with Crippen LogP contribution in [-0.4, -0.2) is 35.2 Å². The summed E-state index contributed by atoms with van der Waals surface area (Å²) < 4.78 is 5.01. The Kier molecular flexibility index (Phi) is 6.94. The molecule has 7 heteroatoms. The van der Waals surface area contributed by atoms with E-state index in [4.69, 9.17) is 16.3 Å². The van der Waals surface area contributed by atoms with Crippen LogP contribution in [0.2, 0.25) is 5.02 Å². The van der Waals surface area contributed by atoms with Gasteiger partial charge in [-0.1, -0.05) is 48.0 Å². The number of carbonyl (C=O) groups is 2. The van der Waals surface area contributed by atoms with E-state index in [9.17, 15) is 19.8 Å². The van der Waals surface area contributed by atoms with E-state index < -0.39 is 18.3 Å². The number of benzene rings is 2. The highest BCUT2D eigenvalue weighted by Crippen LogP contribution is 2.23. The summed E-state index contributed by atoms with van der Waals surface area (Å²) in [5, 5.41) is 22.7. The maximum Gasteiger partial charge on any atom is 0.407 e. The molecule has 1 amide bonds. The minimum Gasteiger partial charge on any atom is -0.445 e. The average Bonchev–Trinajstić information content (AvgIpc) is 2.64. The zero-order valence-corrected chi connectivity index (χ0v) is 14.0. The van der Waals surface area contributed by atoms with Crippen molar-refractivity contribution in [2.45, 2.75) is 18.8 Å². The third-order valence-electron chi connectivity index (χ3n) is 3.53. The number of aliphatic hydroxyl groups excluding tert-OH is 2. The number of rotatable bonds is 7. The second-order valence-corrected chi connectivity index (χ2v) is 5.76. The number of aliphatic hydroxyl groups is 2. The fraction of sp³-hybridized carbons (Fsp3) is 0.222. The number of nitrogens with one attached hydrogen (secondary N) is 1. The van der Waals surface area contributed by atoms with Crippen molar-refractivity contribution in [2.24, 2.45) is 0 Å². The number of ether oxygens (including phenoxy) is 1. The van der Waals surface area contributed by atoms with Crippen LogP contribution in [0.1, 0.15) is 27.6 Å². The van der Waals surface area contributed by atoms with Crippen LogP contribution in [0, 0.1) is 0 Å². The monoisotopic (exact) mass is 363 g/mol. The number of hydrogen-bond donors (Lipinski definition) is 3. The SMILES string of the molecule is O=Cc1ccc(C(O)C(O)CNC(=O)OCc2ccccc2)cc1Cl. The summed E-state index contributed by atoms with van der Waals surface area (Å²) >= 11 is 5.89. The average molecular weight is 364 g/mol. The molecule has 0 bridgehead atoms. The lowest BCUT2D eigenvalue weighted by Crippen LogP contribution is -2.35. The third-order valence-corrected chi connectivity index (χ3v) is 3.85. The number of aldehydes is 1. The predicted molar refractivity (Wildman–Crippen MR) is 92.4 cm³/mol. The minimum atomic E-state index is -1.27. The minimum absolute atomic E-state index is 0.105. The molecule has 2 aromatic carbocycles. The molecule has 0 aromatic heterocycles. The van der Waals surface area contributed by atoms with Gasteiger partial charge in [-0.2, -0.15) is 0 Å². The second kappa shape index (κ2) is 9.17. The van der Waals surface area contributed by atoms with Crippen molar-refractivity contribution in [1.82, 2.24) is 5.32 Å². The first-order chi connectivity index (χ1) is 12.0. The first kappa shape index (κ1) is 18.9. The number of amides is 1. The van der Waals surface area contributed by atoms with Crippen molar-refractivity contribution in [3.63, 3.8) is 0 Å². The standard InChI is InChI=1S/C18H18ClNO5/c19-15-8-13(6-7-14(15)10-21)17(23)16(22)9-20-18(24)25-11-12-4-2-1-3-5-12/h1-8,10,16-17,22-23H,9,11H2,(H,20,24). The molecule has 0 heterocycles. The van der Waals surface area contributed by atoms with E-state index in [1.165, 1.54) is 18.2 Å². The van der Waals surface area contributed by atoms with Crippen LogP contribution in [0.5, 0.6) is 0 Å². The summed E-state index contributed by atoms with van der Waals surface area (Å²) in [6.45, 7) is -0.101. The zero-order valence-electron chi connectivity index (χ0n) is 13.3. The topological polar surface area (TPSA) is 95.9 Å². The molecule has 0 fully saturated rings. The van der Waals surface area contributed by atoms with Crippen molar-refractivity contribution in [3.05, 3.63) is 70.2 Å². The van der Waals surface area contributed by atoms with Crippen LogP contribution in [0.15, 0.2) is 48.5 Å². The Hall–Kier alpha value is -2.41. The highest BCUT2D eigenvalue weighted by atomic mass is 35.5. The maximum atomic E-state index is 11.6. The van der Waals surface area contributed by atoms with Gasteiger partial charge in [0, 0.05) is 12.1 Å². The fourth-order valence-electron chi connectivity index (χ4n) is 2.12. The Bertz CT molecular complexity index is 723. The number of alkyl carbamates (subject to hydrolysis) is 1. The zero-order chi connectivity index (χ0) is 18.2. The molecule has 0 aliphatic heterocycles. The lowest BCUT2D eigenvalue weighted by Gasteiger charge is -2.19. The number of halogens is 1. The van der Waals surface area contributed by atoms with Crippen molar-refractivity contribution < 1.29 is 24.5 Å². The van der Waals surface area contributed by atoms with E-state index in [0.717, 1.165) is 5.56 Å². The van der Waals surface area contributed by atoms with E-state index in [-0.39, 0.29) is 23.7 Å². The summed E-state index contributed by atoms with van der Waals surface area (Å²) in [5.74, 6) is 0. The summed E-state index contributed by atoms with van der Waals surface area (Å²) in [6, 6.07) is 13.5. The van der Waals surface area contributed by atoms with Gasteiger partial charge in [-0.25, -0.2) is 4.79 Å². The third kappa shape index (κ3) is 5.56. The lowest BCUT2D eigenvalue weighted by molar-refractivity contribution is 0.0184. The Balaban J connectivity index is 1.82. The Labute approximate surface area is 150 Å². The van der Waals surface area contributed by atoms with Gasteiger partial charge in [-0.3, -0.25) is 4.79 Å². The smallest absolute Gasteiger partial charge is 0.407 e. The van der Waals surface area contributed by atoms with Crippen molar-refractivity contribution >= 4 is 24.0 Å². The molecule has 0 saturated carbocycles. The largest absolute Gasteiger partial charge is 0.445 e. The van der Waals surface area contributed by atoms with Gasteiger partial charge in [0.15, 0.2) is 6.29 Å². The van der Waals surface area contributed by atoms with Crippen LogP contribution < -0.4 is 5.32 Å². The molecule has 2 aromatic rings. The van der Waals surface area contributed by atoms with Crippen LogP contribution in [0.25, 0.3) is 0 Å². The summed E-state index contributed by atoms with van der Waals surface area (Å²) in [7, 11) is 0. The Morgan fingerprint density at radius 1 is 1.20 bits per heavy atom. The molecule has 2 unspecified atom stereocenters. The van der Waals surface area contributed by atoms with E-state index in [1.807, 2.05) is 30.3 Å². The summed E-state index contributed by atoms with van der Waals surface area (Å²) in [5.41, 5.74) is 1.46. The van der Waals surface area contributed by atoms with Gasteiger partial charge in [-0.05, 0) is 23.3 Å². The van der Waals surface area contributed by atoms with Gasteiger partial charge < -0.3 is 20.3 Å². The van der Waals surface area contributed by atoms with Crippen molar-refractivity contribution in [3.8, 4) is 0 Å². The molecule has 0 aliphatic carbocycles. The van der Waals surface area contributed by atoms with Crippen LogP contribution >= 0.6 is 11.6 Å². The van der Waals surface area contributed by atoms with E-state index >= 15 is 0 Å². The maximum absolute atomic E-state index is 11.6. The van der Waals surface area contributed by atoms with Gasteiger partial charge in [0.25, 0.3) is 0 Å². The van der Waals surface area contributed by atoms with Crippen molar-refractivity contribution in [1.29, 1.82) is 0 Å². The molecule has 0 spiro atoms. The van der Waals surface area contributed by atoms with Crippen molar-refractivity contribution in [2.75, 3.05) is 6.54 Å². The highest BCUT2D eigenvalue weighted by molar-refractivity contribution is 6.33. The number of carbonyl (C=O) groups excluding carboxylic acids is 2. The highest BCUT2D eigenvalue weighted by Gasteiger charge is 2.20. The Morgan fingerprint density at radius 3 is 2.56 bits per heavy atom. The second-order valence-electron chi connectivity index (χ2n) is 5.35. The molecule has 0 aliphatic rings. The molecule has 0 radical (unpaired) electrons. The number of hydrogen-bond acceptors (Lipinski definition) is 5. The Morgan fingerprint density at radius 2 is 1.92 bits per heavy atom. The van der Waals surface area contributed by atoms with E-state index in [0.29, 0.717) is 11.8 Å². The lowest BCUT2D eigenvalue weighted by atomic mass is 10.0. The molecule has 0 saturated heterocycles. The first-order valence-electron chi connectivity index (χ1n) is 7.56. The molecule has 6 nitrogen and oxygen atoms in total. The van der Waals surface area contributed by atoms with Crippen LogP contribution in [0.3, 0.4) is 0 Å². The fourth-order valence-corrected chi connectivity index (χ4v) is 2.35. The van der Waals surface area contributed by atoms with Gasteiger partial charge in [0.1, 0.15) is 18.8 Å². The van der Waals surface area contributed by atoms with E-state index in [2.05, 4.69) is 5.32 Å². The van der Waals surface area contributed by atoms with Gasteiger partial charge in [0.05, 0.1) is 5.02 Å². The first-order valence-corrected chi connectivity index (χ1v) is 7.94. The van der Waals surface area contributed by atoms with Gasteiger partial charge in [-0.15, -0.1) is 0 Å². The van der Waals surface area contributed by atoms with Gasteiger partial charge in [0.2, 0.25) is 0 Å². The molecule has 2 rings (SSSR count). The van der Waals surface area contributed by atoms with Crippen LogP contribution in [-0.2, 0) is 11.3 Å². The van der Waals surface area contributed by atoms with Gasteiger partial charge >= 0.3 is 6.09 Å². The van der Waals surface area contributed by atoms with E-state index in [1.54, 1.807) is 0 Å². The molecule has 25 heavy (non-hydrogen) atoms. The predicted octanol–water partition coefficient (Wildman–Crippen LogP) is 2.47. The molecular weight excluding hydrogens is 346 g/mol. The summed E-state index contributed by atoms with van der Waals surface area (Å²) in [4.78, 5) is 22.4. The van der Waals surface area contributed by atoms with Crippen LogP contribution in [0.4, 0.5) is 4.79 Å². The molecule has 132 valence electrons. The normalized spacial score (nSPS) is 12.9. The molecular formula is C18H18ClNO5.